The van der Waals surface area contributed by atoms with Gasteiger partial charge >= 0.3 is 5.97 Å². The fourth-order valence-electron chi connectivity index (χ4n) is 3.08. The SMILES string of the molecule is CCOC(=O)C(C)Sc1nc2c(c(-c3cccs3)c1C#N)CCCC2. The molecule has 0 saturated heterocycles. The average Bonchev–Trinajstić information content (AvgIpc) is 3.14. The maximum Gasteiger partial charge on any atom is 0.319 e. The van der Waals surface area contributed by atoms with Crippen molar-refractivity contribution in [3.63, 3.8) is 0 Å². The highest BCUT2D eigenvalue weighted by Gasteiger charge is 2.26. The number of esters is 1. The number of carbonyl (C=O) groups is 1. The van der Waals surface area contributed by atoms with Gasteiger partial charge in [0.15, 0.2) is 0 Å². The number of nitriles is 1. The molecule has 0 bridgehead atoms. The van der Waals surface area contributed by atoms with Crippen LogP contribution in [0.2, 0.25) is 0 Å². The van der Waals surface area contributed by atoms with E-state index >= 15 is 0 Å². The Bertz CT molecular complexity index is 810. The van der Waals surface area contributed by atoms with Gasteiger partial charge in [-0.25, -0.2) is 4.98 Å². The van der Waals surface area contributed by atoms with Gasteiger partial charge in [-0.05, 0) is 56.5 Å². The molecule has 1 atom stereocenters. The van der Waals surface area contributed by atoms with Crippen LogP contribution in [0, 0.1) is 11.3 Å². The molecule has 2 heterocycles. The molecular formula is C19H20N2O2S2. The van der Waals surface area contributed by atoms with Crippen LogP contribution in [0.25, 0.3) is 10.4 Å². The van der Waals surface area contributed by atoms with Gasteiger partial charge in [0, 0.05) is 16.1 Å². The predicted molar refractivity (Wildman–Crippen MR) is 101 cm³/mol. The third kappa shape index (κ3) is 3.73. The number of aryl methyl sites for hydroxylation is 1. The Kier molecular flexibility index (Phi) is 5.77. The van der Waals surface area contributed by atoms with Crippen LogP contribution in [-0.2, 0) is 22.4 Å². The van der Waals surface area contributed by atoms with Crippen LogP contribution in [0.4, 0.5) is 0 Å². The summed E-state index contributed by atoms with van der Waals surface area (Å²) in [5, 5.41) is 12.1. The van der Waals surface area contributed by atoms with Crippen molar-refractivity contribution in [3.8, 4) is 16.5 Å². The molecule has 0 spiro atoms. The maximum atomic E-state index is 12.0. The van der Waals surface area contributed by atoms with E-state index in [2.05, 4.69) is 12.1 Å². The fourth-order valence-corrected chi connectivity index (χ4v) is 4.81. The number of thiophene rings is 1. The number of thioether (sulfide) groups is 1. The summed E-state index contributed by atoms with van der Waals surface area (Å²) in [6.07, 6.45) is 4.14. The molecule has 0 N–H and O–H groups in total. The van der Waals surface area contributed by atoms with Crippen LogP contribution in [0.5, 0.6) is 0 Å². The summed E-state index contributed by atoms with van der Waals surface area (Å²) >= 11 is 2.96. The minimum absolute atomic E-state index is 0.270. The highest BCUT2D eigenvalue weighted by Crippen LogP contribution is 2.40. The molecule has 1 unspecified atom stereocenters. The van der Waals surface area contributed by atoms with E-state index in [1.807, 2.05) is 11.4 Å². The van der Waals surface area contributed by atoms with Gasteiger partial charge in [0.25, 0.3) is 0 Å². The van der Waals surface area contributed by atoms with Crippen molar-refractivity contribution in [3.05, 3.63) is 34.3 Å². The van der Waals surface area contributed by atoms with Crippen LogP contribution in [0.15, 0.2) is 22.5 Å². The Morgan fingerprint density at radius 2 is 2.28 bits per heavy atom. The third-order valence-electron chi connectivity index (χ3n) is 4.23. The molecule has 0 aromatic carbocycles. The minimum Gasteiger partial charge on any atom is -0.465 e. The molecule has 6 heteroatoms. The molecule has 2 aromatic rings. The number of hydrogen-bond acceptors (Lipinski definition) is 6. The standard InChI is InChI=1S/C19H20N2O2S2/c1-3-23-19(22)12(2)25-18-14(11-20)17(16-9-6-10-24-16)13-7-4-5-8-15(13)21-18/h6,9-10,12H,3-5,7-8H2,1-2H3. The summed E-state index contributed by atoms with van der Waals surface area (Å²) in [5.74, 6) is -0.270. The summed E-state index contributed by atoms with van der Waals surface area (Å²) in [5.41, 5.74) is 3.88. The first kappa shape index (κ1) is 18.0. The van der Waals surface area contributed by atoms with Gasteiger partial charge in [-0.15, -0.1) is 11.3 Å². The van der Waals surface area contributed by atoms with E-state index in [1.54, 1.807) is 25.2 Å². The molecule has 0 aliphatic heterocycles. The van der Waals surface area contributed by atoms with Crippen LogP contribution in [-0.4, -0.2) is 22.8 Å². The first-order chi connectivity index (χ1) is 12.2. The van der Waals surface area contributed by atoms with Gasteiger partial charge in [0.05, 0.1) is 12.2 Å². The van der Waals surface area contributed by atoms with Crippen molar-refractivity contribution in [2.75, 3.05) is 6.61 Å². The van der Waals surface area contributed by atoms with E-state index in [1.165, 1.54) is 17.3 Å². The normalized spacial score (nSPS) is 14.4. The molecule has 130 valence electrons. The Hall–Kier alpha value is -1.84. The molecule has 0 saturated carbocycles. The first-order valence-electron chi connectivity index (χ1n) is 8.48. The summed E-state index contributed by atoms with van der Waals surface area (Å²) in [6, 6.07) is 6.41. The number of nitrogens with zero attached hydrogens (tertiary/aromatic N) is 2. The Morgan fingerprint density at radius 1 is 1.48 bits per heavy atom. The number of rotatable bonds is 5. The quantitative estimate of drug-likeness (QED) is 0.567. The van der Waals surface area contributed by atoms with Gasteiger partial charge in [-0.1, -0.05) is 17.8 Å². The van der Waals surface area contributed by atoms with E-state index in [0.29, 0.717) is 17.2 Å². The average molecular weight is 373 g/mol. The molecule has 0 fully saturated rings. The molecule has 0 amide bonds. The van der Waals surface area contributed by atoms with Gasteiger partial charge in [-0.3, -0.25) is 4.79 Å². The maximum absolute atomic E-state index is 12.0. The Balaban J connectivity index is 2.08. The van der Waals surface area contributed by atoms with E-state index in [9.17, 15) is 10.1 Å². The summed E-state index contributed by atoms with van der Waals surface area (Å²) in [4.78, 5) is 17.9. The van der Waals surface area contributed by atoms with Gasteiger partial charge in [0.1, 0.15) is 16.3 Å². The van der Waals surface area contributed by atoms with Crippen molar-refractivity contribution in [1.29, 1.82) is 5.26 Å². The molecule has 2 aromatic heterocycles. The van der Waals surface area contributed by atoms with Gasteiger partial charge < -0.3 is 4.74 Å². The molecule has 1 aliphatic carbocycles. The number of ether oxygens (including phenoxy) is 1. The zero-order valence-corrected chi connectivity index (χ0v) is 16.0. The zero-order chi connectivity index (χ0) is 17.8. The second kappa shape index (κ2) is 8.03. The number of carbonyl (C=O) groups excluding carboxylic acids is 1. The Labute approximate surface area is 156 Å². The molecule has 0 radical (unpaired) electrons. The van der Waals surface area contributed by atoms with Gasteiger partial charge in [-0.2, -0.15) is 5.26 Å². The van der Waals surface area contributed by atoms with E-state index in [0.717, 1.165) is 41.8 Å². The highest BCUT2D eigenvalue weighted by atomic mass is 32.2. The lowest BCUT2D eigenvalue weighted by atomic mass is 9.89. The van der Waals surface area contributed by atoms with Crippen molar-refractivity contribution >= 4 is 29.1 Å². The summed E-state index contributed by atoms with van der Waals surface area (Å²) in [6.45, 7) is 3.95. The van der Waals surface area contributed by atoms with Crippen LogP contribution < -0.4 is 0 Å². The molecule has 3 rings (SSSR count). The summed E-state index contributed by atoms with van der Waals surface area (Å²) < 4.78 is 5.10. The van der Waals surface area contributed by atoms with E-state index in [4.69, 9.17) is 9.72 Å². The second-order valence-corrected chi connectivity index (χ2v) is 8.18. The van der Waals surface area contributed by atoms with E-state index in [-0.39, 0.29) is 5.97 Å². The zero-order valence-electron chi connectivity index (χ0n) is 14.4. The number of pyridine rings is 1. The summed E-state index contributed by atoms with van der Waals surface area (Å²) in [7, 11) is 0. The van der Waals surface area contributed by atoms with Crippen molar-refractivity contribution in [2.45, 2.75) is 49.8 Å². The largest absolute Gasteiger partial charge is 0.465 e. The van der Waals surface area contributed by atoms with Crippen LogP contribution >= 0.6 is 23.1 Å². The lowest BCUT2D eigenvalue weighted by molar-refractivity contribution is -0.142. The van der Waals surface area contributed by atoms with E-state index < -0.39 is 5.25 Å². The highest BCUT2D eigenvalue weighted by molar-refractivity contribution is 8.00. The van der Waals surface area contributed by atoms with Crippen LogP contribution in [0.1, 0.15) is 43.5 Å². The van der Waals surface area contributed by atoms with Crippen LogP contribution in [0.3, 0.4) is 0 Å². The topological polar surface area (TPSA) is 63.0 Å². The number of hydrogen-bond donors (Lipinski definition) is 0. The monoisotopic (exact) mass is 372 g/mol. The van der Waals surface area contributed by atoms with Gasteiger partial charge in [0.2, 0.25) is 0 Å². The smallest absolute Gasteiger partial charge is 0.319 e. The molecular weight excluding hydrogens is 352 g/mol. The third-order valence-corrected chi connectivity index (χ3v) is 6.18. The molecule has 1 aliphatic rings. The van der Waals surface area contributed by atoms with Crippen molar-refractivity contribution in [1.82, 2.24) is 4.98 Å². The molecule has 25 heavy (non-hydrogen) atoms. The fraction of sp³-hybridized carbons (Fsp3) is 0.421. The van der Waals surface area contributed by atoms with Crippen molar-refractivity contribution < 1.29 is 9.53 Å². The predicted octanol–water partition coefficient (Wildman–Crippen LogP) is 4.60. The lowest BCUT2D eigenvalue weighted by Crippen LogP contribution is -2.18. The second-order valence-electron chi connectivity index (χ2n) is 5.90. The van der Waals surface area contributed by atoms with Crippen molar-refractivity contribution in [2.24, 2.45) is 0 Å². The number of fused-ring (bicyclic) bond motifs is 1. The number of aromatic nitrogens is 1. The Morgan fingerprint density at radius 3 is 2.96 bits per heavy atom. The first-order valence-corrected chi connectivity index (χ1v) is 10.2. The lowest BCUT2D eigenvalue weighted by Gasteiger charge is -2.22. The molecule has 4 nitrogen and oxygen atoms in total. The minimum atomic E-state index is -0.391.